The molecule has 6 nitrogen and oxygen atoms in total. The number of ether oxygens (including phenoxy) is 2. The smallest absolute Gasteiger partial charge is 0.108 e. The van der Waals surface area contributed by atoms with E-state index in [1.54, 1.807) is 18.4 Å². The van der Waals surface area contributed by atoms with Gasteiger partial charge in [-0.15, -0.1) is 11.3 Å². The SMILES string of the molecule is COCCOCC#Cc1cc(-c2n[nH]c3c2Cc2cc(CN4CCN(C(C)C)CC4)ccc2-3)cs1. The highest BCUT2D eigenvalue weighted by Crippen LogP contribution is 2.41. The number of hydrogen-bond donors (Lipinski definition) is 1. The summed E-state index contributed by atoms with van der Waals surface area (Å²) in [6, 6.07) is 9.73. The first-order valence-electron chi connectivity index (χ1n) is 12.4. The third-order valence-corrected chi connectivity index (χ3v) is 7.75. The molecule has 1 N–H and O–H groups in total. The average Bonchev–Trinajstić information content (AvgIpc) is 3.57. The number of fused-ring (bicyclic) bond motifs is 3. The lowest BCUT2D eigenvalue weighted by molar-refractivity contribution is 0.0877. The summed E-state index contributed by atoms with van der Waals surface area (Å²) in [7, 11) is 1.67. The van der Waals surface area contributed by atoms with Crippen molar-refractivity contribution < 1.29 is 9.47 Å². The number of piperazine rings is 1. The lowest BCUT2D eigenvalue weighted by Gasteiger charge is -2.37. The molecule has 184 valence electrons. The topological polar surface area (TPSA) is 53.6 Å². The minimum atomic E-state index is 0.416. The van der Waals surface area contributed by atoms with Gasteiger partial charge >= 0.3 is 0 Å². The first-order valence-corrected chi connectivity index (χ1v) is 13.3. The van der Waals surface area contributed by atoms with Crippen LogP contribution in [0.2, 0.25) is 0 Å². The van der Waals surface area contributed by atoms with Gasteiger partial charge in [0.15, 0.2) is 0 Å². The van der Waals surface area contributed by atoms with Crippen LogP contribution in [0.15, 0.2) is 29.6 Å². The Balaban J connectivity index is 1.23. The van der Waals surface area contributed by atoms with Gasteiger partial charge in [-0.05, 0) is 31.0 Å². The fourth-order valence-electron chi connectivity index (χ4n) is 4.94. The zero-order chi connectivity index (χ0) is 24.2. The summed E-state index contributed by atoms with van der Waals surface area (Å²) in [4.78, 5) is 6.18. The number of hydrogen-bond acceptors (Lipinski definition) is 6. The van der Waals surface area contributed by atoms with Crippen molar-refractivity contribution in [1.29, 1.82) is 0 Å². The zero-order valence-corrected chi connectivity index (χ0v) is 21.7. The first-order chi connectivity index (χ1) is 17.1. The second-order valence-corrected chi connectivity index (χ2v) is 10.5. The normalized spacial score (nSPS) is 15.8. The number of aromatic amines is 1. The number of nitrogens with zero attached hydrogens (tertiary/aromatic N) is 3. The predicted molar refractivity (Wildman–Crippen MR) is 142 cm³/mol. The Kier molecular flexibility index (Phi) is 7.66. The van der Waals surface area contributed by atoms with Crippen LogP contribution in [0.1, 0.15) is 35.4 Å². The van der Waals surface area contributed by atoms with E-state index in [9.17, 15) is 0 Å². The molecule has 0 atom stereocenters. The number of benzene rings is 1. The van der Waals surface area contributed by atoms with Crippen molar-refractivity contribution in [3.63, 3.8) is 0 Å². The van der Waals surface area contributed by atoms with Crippen molar-refractivity contribution >= 4 is 11.3 Å². The third kappa shape index (κ3) is 5.53. The maximum absolute atomic E-state index is 5.43. The molecule has 0 radical (unpaired) electrons. The van der Waals surface area contributed by atoms with Crippen LogP contribution in [0.3, 0.4) is 0 Å². The van der Waals surface area contributed by atoms with Crippen LogP contribution in [-0.4, -0.2) is 79.1 Å². The van der Waals surface area contributed by atoms with Crippen molar-refractivity contribution in [1.82, 2.24) is 20.0 Å². The monoisotopic (exact) mass is 490 g/mol. The summed E-state index contributed by atoms with van der Waals surface area (Å²) in [5.74, 6) is 6.28. The molecule has 0 saturated carbocycles. The molecule has 3 aromatic rings. The van der Waals surface area contributed by atoms with E-state index in [4.69, 9.17) is 9.47 Å². The molecule has 0 unspecified atom stereocenters. The maximum Gasteiger partial charge on any atom is 0.108 e. The molecule has 7 heteroatoms. The van der Waals surface area contributed by atoms with Gasteiger partial charge in [0, 0.05) is 74.4 Å². The Hall–Kier alpha value is -2.47. The standard InChI is InChI=1S/C28H34N4O2S/c1-20(2)32-10-8-31(9-11-32)18-21-6-7-25-22(15-21)17-26-27(29-30-28(25)26)23-16-24(35-19-23)5-4-12-34-14-13-33-3/h6-7,15-16,19-20H,8-14,17-18H2,1-3H3,(H,29,30). The second-order valence-electron chi connectivity index (χ2n) is 9.55. The minimum Gasteiger partial charge on any atom is -0.382 e. The zero-order valence-electron chi connectivity index (χ0n) is 20.9. The van der Waals surface area contributed by atoms with Gasteiger partial charge in [0.05, 0.1) is 29.5 Å². The van der Waals surface area contributed by atoms with Crippen LogP contribution in [0, 0.1) is 11.8 Å². The number of methoxy groups -OCH3 is 1. The number of thiophene rings is 1. The summed E-state index contributed by atoms with van der Waals surface area (Å²) in [6.45, 7) is 11.8. The van der Waals surface area contributed by atoms with Crippen LogP contribution >= 0.6 is 11.3 Å². The highest BCUT2D eigenvalue weighted by Gasteiger charge is 2.26. The highest BCUT2D eigenvalue weighted by molar-refractivity contribution is 7.11. The van der Waals surface area contributed by atoms with E-state index < -0.39 is 0 Å². The van der Waals surface area contributed by atoms with E-state index in [0.717, 1.165) is 61.0 Å². The van der Waals surface area contributed by atoms with Gasteiger partial charge in [-0.1, -0.05) is 30.0 Å². The molecule has 0 amide bonds. The number of H-pyrrole nitrogens is 1. The molecule has 1 saturated heterocycles. The van der Waals surface area contributed by atoms with E-state index in [2.05, 4.69) is 75.3 Å². The first kappa shape index (κ1) is 24.2. The van der Waals surface area contributed by atoms with Gasteiger partial charge in [0.25, 0.3) is 0 Å². The molecule has 0 bridgehead atoms. The molecule has 0 spiro atoms. The molecular weight excluding hydrogens is 456 g/mol. The molecule has 1 aliphatic carbocycles. The third-order valence-electron chi connectivity index (χ3n) is 6.91. The highest BCUT2D eigenvalue weighted by atomic mass is 32.1. The molecule has 3 heterocycles. The summed E-state index contributed by atoms with van der Waals surface area (Å²) in [5.41, 5.74) is 8.73. The van der Waals surface area contributed by atoms with Gasteiger partial charge in [-0.25, -0.2) is 0 Å². The molecular formula is C28H34N4O2S. The van der Waals surface area contributed by atoms with E-state index in [0.29, 0.717) is 25.9 Å². The van der Waals surface area contributed by atoms with Crippen LogP contribution in [-0.2, 0) is 22.4 Å². The summed E-state index contributed by atoms with van der Waals surface area (Å²) in [6.07, 6.45) is 0.926. The predicted octanol–water partition coefficient (Wildman–Crippen LogP) is 4.25. The summed E-state index contributed by atoms with van der Waals surface area (Å²) >= 11 is 1.65. The molecule has 1 aliphatic heterocycles. The quantitative estimate of drug-likeness (QED) is 0.296. The van der Waals surface area contributed by atoms with Gasteiger partial charge in [-0.3, -0.25) is 14.9 Å². The number of nitrogens with one attached hydrogen (secondary N) is 1. The Morgan fingerprint density at radius 1 is 1.14 bits per heavy atom. The van der Waals surface area contributed by atoms with Crippen LogP contribution in [0.25, 0.3) is 22.5 Å². The molecule has 35 heavy (non-hydrogen) atoms. The Bertz CT molecular complexity index is 1210. The number of aromatic nitrogens is 2. The van der Waals surface area contributed by atoms with Gasteiger partial charge < -0.3 is 9.47 Å². The molecule has 1 aromatic carbocycles. The van der Waals surface area contributed by atoms with Crippen LogP contribution < -0.4 is 0 Å². The van der Waals surface area contributed by atoms with Crippen molar-refractivity contribution in [3.05, 3.63) is 51.2 Å². The van der Waals surface area contributed by atoms with Crippen LogP contribution in [0.5, 0.6) is 0 Å². The van der Waals surface area contributed by atoms with Gasteiger partial charge in [0.2, 0.25) is 0 Å². The summed E-state index contributed by atoms with van der Waals surface area (Å²) in [5, 5.41) is 10.1. The fourth-order valence-corrected chi connectivity index (χ4v) is 5.70. The largest absolute Gasteiger partial charge is 0.382 e. The molecule has 5 rings (SSSR count). The molecule has 2 aromatic heterocycles. The number of rotatable bonds is 8. The average molecular weight is 491 g/mol. The fraction of sp³-hybridized carbons (Fsp3) is 0.464. The molecule has 1 fully saturated rings. The Labute approximate surface area is 212 Å². The lowest BCUT2D eigenvalue weighted by Crippen LogP contribution is -2.48. The Morgan fingerprint density at radius 3 is 2.80 bits per heavy atom. The summed E-state index contributed by atoms with van der Waals surface area (Å²) < 4.78 is 10.4. The van der Waals surface area contributed by atoms with E-state index in [-0.39, 0.29) is 0 Å². The maximum atomic E-state index is 5.43. The van der Waals surface area contributed by atoms with Crippen molar-refractivity contribution in [2.24, 2.45) is 0 Å². The van der Waals surface area contributed by atoms with E-state index in [1.807, 2.05) is 0 Å². The van der Waals surface area contributed by atoms with Crippen molar-refractivity contribution in [2.75, 3.05) is 53.1 Å². The van der Waals surface area contributed by atoms with Gasteiger partial charge in [0.1, 0.15) is 6.61 Å². The lowest BCUT2D eigenvalue weighted by atomic mass is 10.0. The molecule has 2 aliphatic rings. The van der Waals surface area contributed by atoms with E-state index >= 15 is 0 Å². The van der Waals surface area contributed by atoms with Gasteiger partial charge in [-0.2, -0.15) is 5.10 Å². The van der Waals surface area contributed by atoms with Crippen molar-refractivity contribution in [2.45, 2.75) is 32.9 Å². The minimum absolute atomic E-state index is 0.416. The Morgan fingerprint density at radius 2 is 2.00 bits per heavy atom. The second kappa shape index (κ2) is 11.1. The van der Waals surface area contributed by atoms with Crippen LogP contribution in [0.4, 0.5) is 0 Å². The van der Waals surface area contributed by atoms with E-state index in [1.165, 1.54) is 22.3 Å². The van der Waals surface area contributed by atoms with Crippen molar-refractivity contribution in [3.8, 4) is 34.4 Å².